The number of nitrogens with one attached hydrogen (secondary N) is 1. The highest BCUT2D eigenvalue weighted by atomic mass is 15.1. The Morgan fingerprint density at radius 1 is 1.18 bits per heavy atom. The van der Waals surface area contributed by atoms with E-state index in [0.717, 1.165) is 29.1 Å². The maximum absolute atomic E-state index is 4.12. The van der Waals surface area contributed by atoms with E-state index in [0.29, 0.717) is 0 Å². The fraction of sp³-hybridized carbons (Fsp3) is 0.429. The van der Waals surface area contributed by atoms with Gasteiger partial charge in [0.2, 0.25) is 0 Å². The minimum Gasteiger partial charge on any atom is -0.383 e. The molecule has 90 valence electrons. The molecule has 0 radical (unpaired) electrons. The first-order valence-electron chi connectivity index (χ1n) is 6.29. The number of aromatic nitrogens is 2. The van der Waals surface area contributed by atoms with Gasteiger partial charge < -0.3 is 5.32 Å². The third kappa shape index (κ3) is 2.73. The number of hydrogen-bond acceptors (Lipinski definition) is 3. The summed E-state index contributed by atoms with van der Waals surface area (Å²) in [7, 11) is 0. The smallest absolute Gasteiger partial charge is 0.0950 e. The third-order valence-electron chi connectivity index (χ3n) is 3.28. The van der Waals surface area contributed by atoms with Gasteiger partial charge in [-0.25, -0.2) is 0 Å². The average molecular weight is 229 g/mol. The van der Waals surface area contributed by atoms with Gasteiger partial charge in [0.25, 0.3) is 0 Å². The van der Waals surface area contributed by atoms with Crippen molar-refractivity contribution in [2.24, 2.45) is 5.92 Å². The lowest BCUT2D eigenvalue weighted by molar-refractivity contribution is 0.519. The molecule has 0 unspecified atom stereocenters. The van der Waals surface area contributed by atoms with E-state index < -0.39 is 0 Å². The first-order chi connectivity index (χ1) is 8.35. The van der Waals surface area contributed by atoms with Crippen LogP contribution in [0.1, 0.15) is 26.7 Å². The van der Waals surface area contributed by atoms with E-state index in [1.807, 2.05) is 24.4 Å². The molecule has 3 heteroatoms. The SMILES string of the molecule is CCC(CC)CNc1cnnc2ccccc12. The van der Waals surface area contributed by atoms with E-state index in [1.165, 1.54) is 12.8 Å². The summed E-state index contributed by atoms with van der Waals surface area (Å²) >= 11 is 0. The third-order valence-corrected chi connectivity index (χ3v) is 3.28. The minimum atomic E-state index is 0.724. The van der Waals surface area contributed by atoms with Crippen molar-refractivity contribution in [2.75, 3.05) is 11.9 Å². The summed E-state index contributed by atoms with van der Waals surface area (Å²) in [6, 6.07) is 8.10. The van der Waals surface area contributed by atoms with Gasteiger partial charge in [0, 0.05) is 11.9 Å². The highest BCUT2D eigenvalue weighted by Gasteiger charge is 2.05. The summed E-state index contributed by atoms with van der Waals surface area (Å²) in [6.45, 7) is 5.47. The second kappa shape index (κ2) is 5.62. The van der Waals surface area contributed by atoms with Crippen molar-refractivity contribution in [3.8, 4) is 0 Å². The number of nitrogens with zero attached hydrogens (tertiary/aromatic N) is 2. The van der Waals surface area contributed by atoms with E-state index in [9.17, 15) is 0 Å². The highest BCUT2D eigenvalue weighted by Crippen LogP contribution is 2.20. The fourth-order valence-corrected chi connectivity index (χ4v) is 1.98. The van der Waals surface area contributed by atoms with E-state index in [1.54, 1.807) is 0 Å². The number of fused-ring (bicyclic) bond motifs is 1. The molecule has 0 saturated carbocycles. The molecule has 0 aliphatic rings. The summed E-state index contributed by atoms with van der Waals surface area (Å²) in [4.78, 5) is 0. The first kappa shape index (κ1) is 11.8. The zero-order chi connectivity index (χ0) is 12.1. The predicted molar refractivity (Wildman–Crippen MR) is 72.1 cm³/mol. The summed E-state index contributed by atoms with van der Waals surface area (Å²) in [5.74, 6) is 0.724. The molecular formula is C14H19N3. The van der Waals surface area contributed by atoms with Crippen molar-refractivity contribution >= 4 is 16.6 Å². The molecule has 1 aromatic heterocycles. The standard InChI is InChI=1S/C14H19N3/c1-3-11(4-2)9-15-14-10-16-17-13-8-6-5-7-12(13)14/h5-8,10-11H,3-4,9H2,1-2H3,(H,15,17). The second-order valence-corrected chi connectivity index (χ2v) is 4.34. The van der Waals surface area contributed by atoms with Gasteiger partial charge in [-0.1, -0.05) is 44.9 Å². The van der Waals surface area contributed by atoms with Gasteiger partial charge in [0.05, 0.1) is 17.4 Å². The Bertz CT molecular complexity index is 472. The normalized spacial score (nSPS) is 11.0. The summed E-state index contributed by atoms with van der Waals surface area (Å²) in [5, 5.41) is 12.8. The Hall–Kier alpha value is -1.64. The average Bonchev–Trinajstić information content (AvgIpc) is 2.40. The Labute approximate surface area is 102 Å². The van der Waals surface area contributed by atoms with E-state index in [4.69, 9.17) is 0 Å². The molecule has 0 saturated heterocycles. The zero-order valence-electron chi connectivity index (χ0n) is 10.5. The fourth-order valence-electron chi connectivity index (χ4n) is 1.98. The van der Waals surface area contributed by atoms with Crippen LogP contribution < -0.4 is 5.32 Å². The van der Waals surface area contributed by atoms with E-state index in [-0.39, 0.29) is 0 Å². The molecule has 1 N–H and O–H groups in total. The molecule has 0 aliphatic heterocycles. The second-order valence-electron chi connectivity index (χ2n) is 4.34. The van der Waals surface area contributed by atoms with Gasteiger partial charge in [0.1, 0.15) is 0 Å². The Morgan fingerprint density at radius 3 is 2.71 bits per heavy atom. The molecule has 0 atom stereocenters. The summed E-state index contributed by atoms with van der Waals surface area (Å²) in [5.41, 5.74) is 2.03. The van der Waals surface area contributed by atoms with Crippen molar-refractivity contribution < 1.29 is 0 Å². The van der Waals surface area contributed by atoms with Gasteiger partial charge in [-0.3, -0.25) is 0 Å². The molecule has 1 heterocycles. The molecule has 2 aromatic rings. The molecule has 0 aliphatic carbocycles. The quantitative estimate of drug-likeness (QED) is 0.853. The molecular weight excluding hydrogens is 210 g/mol. The Kier molecular flexibility index (Phi) is 3.91. The van der Waals surface area contributed by atoms with Gasteiger partial charge in [-0.15, -0.1) is 0 Å². The first-order valence-corrected chi connectivity index (χ1v) is 6.29. The Balaban J connectivity index is 2.18. The lowest BCUT2D eigenvalue weighted by Crippen LogP contribution is -2.13. The van der Waals surface area contributed by atoms with Crippen molar-refractivity contribution in [1.29, 1.82) is 0 Å². The molecule has 0 fully saturated rings. The van der Waals surface area contributed by atoms with Gasteiger partial charge in [-0.2, -0.15) is 10.2 Å². The molecule has 1 aromatic carbocycles. The number of benzene rings is 1. The number of anilines is 1. The predicted octanol–water partition coefficient (Wildman–Crippen LogP) is 3.48. The van der Waals surface area contributed by atoms with Crippen LogP contribution in [0.25, 0.3) is 10.9 Å². The molecule has 0 bridgehead atoms. The topological polar surface area (TPSA) is 37.8 Å². The van der Waals surface area contributed by atoms with Crippen molar-refractivity contribution in [2.45, 2.75) is 26.7 Å². The lowest BCUT2D eigenvalue weighted by atomic mass is 10.0. The van der Waals surface area contributed by atoms with Crippen LogP contribution in [-0.4, -0.2) is 16.7 Å². The van der Waals surface area contributed by atoms with Gasteiger partial charge in [-0.05, 0) is 12.0 Å². The van der Waals surface area contributed by atoms with Gasteiger partial charge in [0.15, 0.2) is 0 Å². The summed E-state index contributed by atoms with van der Waals surface area (Å²) in [6.07, 6.45) is 4.23. The number of hydrogen-bond donors (Lipinski definition) is 1. The summed E-state index contributed by atoms with van der Waals surface area (Å²) < 4.78 is 0. The minimum absolute atomic E-state index is 0.724. The molecule has 2 rings (SSSR count). The van der Waals surface area contributed by atoms with Crippen LogP contribution in [-0.2, 0) is 0 Å². The number of rotatable bonds is 5. The monoisotopic (exact) mass is 229 g/mol. The molecule has 0 amide bonds. The van der Waals surface area contributed by atoms with Crippen LogP contribution >= 0.6 is 0 Å². The largest absolute Gasteiger partial charge is 0.383 e. The maximum atomic E-state index is 4.12. The van der Waals surface area contributed by atoms with E-state index >= 15 is 0 Å². The highest BCUT2D eigenvalue weighted by molar-refractivity contribution is 5.90. The van der Waals surface area contributed by atoms with Crippen LogP contribution in [0.3, 0.4) is 0 Å². The maximum Gasteiger partial charge on any atom is 0.0950 e. The van der Waals surface area contributed by atoms with Crippen LogP contribution in [0.5, 0.6) is 0 Å². The van der Waals surface area contributed by atoms with Crippen molar-refractivity contribution in [1.82, 2.24) is 10.2 Å². The molecule has 0 spiro atoms. The molecule has 17 heavy (non-hydrogen) atoms. The zero-order valence-corrected chi connectivity index (χ0v) is 10.5. The van der Waals surface area contributed by atoms with Crippen LogP contribution in [0, 0.1) is 5.92 Å². The lowest BCUT2D eigenvalue weighted by Gasteiger charge is -2.14. The van der Waals surface area contributed by atoms with Crippen LogP contribution in [0.4, 0.5) is 5.69 Å². The van der Waals surface area contributed by atoms with Crippen LogP contribution in [0.15, 0.2) is 30.5 Å². The molecule has 3 nitrogen and oxygen atoms in total. The van der Waals surface area contributed by atoms with Crippen LogP contribution in [0.2, 0.25) is 0 Å². The van der Waals surface area contributed by atoms with Crippen molar-refractivity contribution in [3.63, 3.8) is 0 Å². The van der Waals surface area contributed by atoms with E-state index in [2.05, 4.69) is 35.4 Å². The van der Waals surface area contributed by atoms with Gasteiger partial charge >= 0.3 is 0 Å². The van der Waals surface area contributed by atoms with Crippen molar-refractivity contribution in [3.05, 3.63) is 30.5 Å². The Morgan fingerprint density at radius 2 is 1.94 bits per heavy atom.